The van der Waals surface area contributed by atoms with Crippen molar-refractivity contribution < 1.29 is 19.6 Å². The van der Waals surface area contributed by atoms with E-state index in [9.17, 15) is 19.7 Å². The predicted octanol–water partition coefficient (Wildman–Crippen LogP) is 2.18. The number of hydrogen-bond donors (Lipinski definition) is 2. The molecule has 1 amide bonds. The first-order chi connectivity index (χ1) is 9.81. The average molecular weight is 333 g/mol. The number of carboxylic acids is 1. The zero-order chi connectivity index (χ0) is 16.0. The largest absolute Gasteiger partial charge is 0.481 e. The summed E-state index contributed by atoms with van der Waals surface area (Å²) in [5.74, 6) is -2.13. The highest BCUT2D eigenvalue weighted by molar-refractivity contribution is 8.00. The molecule has 0 aromatic heterocycles. The lowest BCUT2D eigenvalue weighted by Gasteiger charge is -2.08. The van der Waals surface area contributed by atoms with Crippen molar-refractivity contribution >= 4 is 40.9 Å². The molecule has 1 aromatic rings. The molecule has 0 aliphatic carbocycles. The third kappa shape index (κ3) is 5.60. The molecule has 0 saturated heterocycles. The summed E-state index contributed by atoms with van der Waals surface area (Å²) >= 11 is 6.68. The molecule has 0 heterocycles. The quantitative estimate of drug-likeness (QED) is 0.450. The van der Waals surface area contributed by atoms with E-state index in [0.29, 0.717) is 4.90 Å². The number of halogens is 1. The molecular formula is C12H13ClN2O5S. The van der Waals surface area contributed by atoms with E-state index in [4.69, 9.17) is 16.7 Å². The molecule has 2 N–H and O–H groups in total. The van der Waals surface area contributed by atoms with Crippen LogP contribution in [0.25, 0.3) is 0 Å². The van der Waals surface area contributed by atoms with Gasteiger partial charge in [0.05, 0.1) is 21.5 Å². The van der Waals surface area contributed by atoms with Gasteiger partial charge in [0.25, 0.3) is 5.69 Å². The molecule has 1 aromatic carbocycles. The summed E-state index contributed by atoms with van der Waals surface area (Å²) in [6.07, 6.45) is 0. The minimum absolute atomic E-state index is 0.0113. The number of carboxylic acid groups (broad SMARTS) is 1. The Morgan fingerprint density at radius 3 is 2.76 bits per heavy atom. The number of benzene rings is 1. The van der Waals surface area contributed by atoms with E-state index < -0.39 is 22.7 Å². The molecule has 1 atom stereocenters. The van der Waals surface area contributed by atoms with Gasteiger partial charge in [-0.25, -0.2) is 0 Å². The van der Waals surface area contributed by atoms with Gasteiger partial charge in [-0.1, -0.05) is 18.5 Å². The molecule has 0 saturated carbocycles. The Kier molecular flexibility index (Phi) is 6.44. The molecular weight excluding hydrogens is 320 g/mol. The molecule has 0 radical (unpaired) electrons. The molecule has 7 nitrogen and oxygen atoms in total. The van der Waals surface area contributed by atoms with Gasteiger partial charge in [0.1, 0.15) is 0 Å². The maximum atomic E-state index is 11.6. The normalized spacial score (nSPS) is 11.7. The number of carbonyl (C=O) groups is 2. The minimum atomic E-state index is -1.00. The first kappa shape index (κ1) is 17.3. The van der Waals surface area contributed by atoms with Crippen molar-refractivity contribution in [3.63, 3.8) is 0 Å². The van der Waals surface area contributed by atoms with Crippen LogP contribution in [-0.2, 0) is 9.59 Å². The summed E-state index contributed by atoms with van der Waals surface area (Å²) in [4.78, 5) is 32.8. The van der Waals surface area contributed by atoms with Gasteiger partial charge in [-0.2, -0.15) is 0 Å². The minimum Gasteiger partial charge on any atom is -0.481 e. The smallest absolute Gasteiger partial charge is 0.308 e. The van der Waals surface area contributed by atoms with Gasteiger partial charge in [0.15, 0.2) is 0 Å². The lowest BCUT2D eigenvalue weighted by molar-refractivity contribution is -0.387. The number of rotatable bonds is 7. The Bertz CT molecular complexity index is 567. The number of amides is 1. The molecule has 0 aliphatic rings. The van der Waals surface area contributed by atoms with Crippen molar-refractivity contribution in [2.75, 3.05) is 12.3 Å². The van der Waals surface area contributed by atoms with E-state index in [1.54, 1.807) is 0 Å². The fourth-order valence-electron chi connectivity index (χ4n) is 1.30. The van der Waals surface area contributed by atoms with Gasteiger partial charge in [-0.15, -0.1) is 11.8 Å². The summed E-state index contributed by atoms with van der Waals surface area (Å²) in [7, 11) is 0. The Labute approximate surface area is 129 Å². The van der Waals surface area contributed by atoms with E-state index in [1.807, 2.05) is 0 Å². The number of nitro benzene ring substituents is 1. The topological polar surface area (TPSA) is 110 Å². The molecule has 0 bridgehead atoms. The number of aliphatic carboxylic acids is 1. The molecule has 0 fully saturated rings. The van der Waals surface area contributed by atoms with E-state index in [0.717, 1.165) is 11.8 Å². The molecule has 21 heavy (non-hydrogen) atoms. The van der Waals surface area contributed by atoms with E-state index in [-0.39, 0.29) is 23.0 Å². The fraction of sp³-hybridized carbons (Fsp3) is 0.333. The second-order valence-electron chi connectivity index (χ2n) is 4.20. The third-order valence-electron chi connectivity index (χ3n) is 2.50. The zero-order valence-corrected chi connectivity index (χ0v) is 12.6. The SMILES string of the molecule is CC(CNC(=O)CSc1ccc(Cl)cc1[N+](=O)[O-])C(=O)O. The van der Waals surface area contributed by atoms with Gasteiger partial charge < -0.3 is 10.4 Å². The lowest BCUT2D eigenvalue weighted by Crippen LogP contribution is -2.32. The number of nitrogens with zero attached hydrogens (tertiary/aromatic N) is 1. The number of nitro groups is 1. The highest BCUT2D eigenvalue weighted by Gasteiger charge is 2.17. The fourth-order valence-corrected chi connectivity index (χ4v) is 2.30. The van der Waals surface area contributed by atoms with Crippen LogP contribution in [0.2, 0.25) is 5.02 Å². The van der Waals surface area contributed by atoms with E-state index >= 15 is 0 Å². The lowest BCUT2D eigenvalue weighted by atomic mass is 10.2. The van der Waals surface area contributed by atoms with Crippen LogP contribution in [0.1, 0.15) is 6.92 Å². The number of hydrogen-bond acceptors (Lipinski definition) is 5. The van der Waals surface area contributed by atoms with Crippen LogP contribution >= 0.6 is 23.4 Å². The molecule has 0 spiro atoms. The van der Waals surface area contributed by atoms with Crippen LogP contribution in [-0.4, -0.2) is 34.2 Å². The summed E-state index contributed by atoms with van der Waals surface area (Å²) in [5, 5.41) is 22.3. The Morgan fingerprint density at radius 2 is 2.19 bits per heavy atom. The maximum absolute atomic E-state index is 11.6. The molecule has 1 rings (SSSR count). The zero-order valence-electron chi connectivity index (χ0n) is 11.0. The van der Waals surface area contributed by atoms with E-state index in [1.165, 1.54) is 25.1 Å². The number of nitrogens with one attached hydrogen (secondary N) is 1. The van der Waals surface area contributed by atoms with Crippen LogP contribution in [0.5, 0.6) is 0 Å². The van der Waals surface area contributed by atoms with Gasteiger partial charge >= 0.3 is 5.97 Å². The second kappa shape index (κ2) is 7.84. The second-order valence-corrected chi connectivity index (χ2v) is 5.65. The van der Waals surface area contributed by atoms with Gasteiger partial charge in [-0.3, -0.25) is 19.7 Å². The van der Waals surface area contributed by atoms with Crippen molar-refractivity contribution in [1.29, 1.82) is 0 Å². The monoisotopic (exact) mass is 332 g/mol. The highest BCUT2D eigenvalue weighted by Crippen LogP contribution is 2.31. The van der Waals surface area contributed by atoms with Crippen molar-refractivity contribution in [2.45, 2.75) is 11.8 Å². The van der Waals surface area contributed by atoms with Crippen molar-refractivity contribution in [3.8, 4) is 0 Å². The van der Waals surface area contributed by atoms with Gasteiger partial charge in [0.2, 0.25) is 5.91 Å². The van der Waals surface area contributed by atoms with E-state index in [2.05, 4.69) is 5.32 Å². The summed E-state index contributed by atoms with van der Waals surface area (Å²) in [6, 6.07) is 4.19. The van der Waals surface area contributed by atoms with Crippen LogP contribution < -0.4 is 5.32 Å². The molecule has 9 heteroatoms. The van der Waals surface area contributed by atoms with Crippen molar-refractivity contribution in [3.05, 3.63) is 33.3 Å². The standard InChI is InChI=1S/C12H13ClN2O5S/c1-7(12(17)18)5-14-11(16)6-21-10-3-2-8(13)4-9(10)15(19)20/h2-4,7H,5-6H2,1H3,(H,14,16)(H,17,18). The van der Waals surface area contributed by atoms with Gasteiger partial charge in [0, 0.05) is 17.6 Å². The van der Waals surface area contributed by atoms with Crippen molar-refractivity contribution in [2.24, 2.45) is 5.92 Å². The van der Waals surface area contributed by atoms with Crippen LogP contribution in [0.3, 0.4) is 0 Å². The first-order valence-corrected chi connectivity index (χ1v) is 7.24. The Morgan fingerprint density at radius 1 is 1.52 bits per heavy atom. The highest BCUT2D eigenvalue weighted by atomic mass is 35.5. The molecule has 0 aliphatic heterocycles. The van der Waals surface area contributed by atoms with Crippen LogP contribution in [0, 0.1) is 16.0 Å². The first-order valence-electron chi connectivity index (χ1n) is 5.87. The Balaban J connectivity index is 2.57. The summed E-state index contributed by atoms with van der Waals surface area (Å²) < 4.78 is 0. The van der Waals surface area contributed by atoms with Crippen LogP contribution in [0.4, 0.5) is 5.69 Å². The number of thioether (sulfide) groups is 1. The summed E-state index contributed by atoms with van der Waals surface area (Å²) in [5.41, 5.74) is -0.167. The molecule has 114 valence electrons. The molecule has 1 unspecified atom stereocenters. The summed E-state index contributed by atoms with van der Waals surface area (Å²) in [6.45, 7) is 1.48. The number of carbonyl (C=O) groups excluding carboxylic acids is 1. The van der Waals surface area contributed by atoms with Crippen molar-refractivity contribution in [1.82, 2.24) is 5.32 Å². The average Bonchev–Trinajstić information content (AvgIpc) is 2.42. The Hall–Kier alpha value is -1.80. The predicted molar refractivity (Wildman–Crippen MR) is 78.6 cm³/mol. The van der Waals surface area contributed by atoms with Gasteiger partial charge in [-0.05, 0) is 12.1 Å². The maximum Gasteiger partial charge on any atom is 0.308 e. The van der Waals surface area contributed by atoms with Crippen LogP contribution in [0.15, 0.2) is 23.1 Å². The third-order valence-corrected chi connectivity index (χ3v) is 3.80.